The first-order valence-corrected chi connectivity index (χ1v) is 11.7. The van der Waals surface area contributed by atoms with Crippen molar-refractivity contribution in [2.45, 2.75) is 57.6 Å². The van der Waals surface area contributed by atoms with E-state index >= 15 is 0 Å². The van der Waals surface area contributed by atoms with Gasteiger partial charge in [0.25, 0.3) is 0 Å². The quantitative estimate of drug-likeness (QED) is 0.740. The maximum absolute atomic E-state index is 12.6. The monoisotopic (exact) mass is 412 g/mol. The molecule has 1 atom stereocenters. The number of para-hydroxylation sites is 1. The molecule has 1 fully saturated rings. The van der Waals surface area contributed by atoms with Gasteiger partial charge in [-0.15, -0.1) is 11.3 Å². The summed E-state index contributed by atoms with van der Waals surface area (Å²) in [6.45, 7) is 8.13. The molecule has 0 bridgehead atoms. The van der Waals surface area contributed by atoms with Gasteiger partial charge in [-0.05, 0) is 48.3 Å². The zero-order chi connectivity index (χ0) is 20.3. The molecule has 1 aromatic carbocycles. The second kappa shape index (κ2) is 8.88. The lowest BCUT2D eigenvalue weighted by Gasteiger charge is -2.47. The Kier molecular flexibility index (Phi) is 6.26. The normalized spacial score (nSPS) is 21.0. The van der Waals surface area contributed by atoms with E-state index in [4.69, 9.17) is 4.74 Å². The number of thiophene rings is 1. The van der Waals surface area contributed by atoms with Crippen molar-refractivity contribution in [2.75, 3.05) is 19.6 Å². The highest BCUT2D eigenvalue weighted by Crippen LogP contribution is 2.46. The molecule has 4 nitrogen and oxygen atoms in total. The Bertz CT molecular complexity index is 810. The molecule has 0 saturated carbocycles. The number of amides is 1. The van der Waals surface area contributed by atoms with Gasteiger partial charge < -0.3 is 10.1 Å². The summed E-state index contributed by atoms with van der Waals surface area (Å²) in [5, 5.41) is 5.25. The van der Waals surface area contributed by atoms with Crippen molar-refractivity contribution in [3.63, 3.8) is 0 Å². The van der Waals surface area contributed by atoms with E-state index in [1.165, 1.54) is 10.4 Å². The molecule has 0 aliphatic carbocycles. The fourth-order valence-electron chi connectivity index (χ4n) is 4.59. The number of rotatable bonds is 6. The summed E-state index contributed by atoms with van der Waals surface area (Å²) in [7, 11) is 0. The number of benzene rings is 1. The third kappa shape index (κ3) is 5.01. The van der Waals surface area contributed by atoms with Gasteiger partial charge in [-0.25, -0.2) is 0 Å². The average molecular weight is 413 g/mol. The van der Waals surface area contributed by atoms with Crippen LogP contribution in [0.15, 0.2) is 41.8 Å². The maximum Gasteiger partial charge on any atom is 0.220 e. The van der Waals surface area contributed by atoms with Crippen LogP contribution in [0, 0.1) is 5.92 Å². The molecule has 1 spiro atoms. The van der Waals surface area contributed by atoms with Gasteiger partial charge >= 0.3 is 0 Å². The van der Waals surface area contributed by atoms with Crippen LogP contribution in [0.1, 0.15) is 55.9 Å². The number of ether oxygens (including phenoxy) is 1. The molecule has 1 unspecified atom stereocenters. The lowest BCUT2D eigenvalue weighted by atomic mass is 9.76. The standard InChI is InChI=1S/C24H32N2O2S/c1-18(2)16-25-23(27)14-19-15-24(28-22-8-4-3-7-21(19)22)9-11-26(12-10-24)17-20-6-5-13-29-20/h3-8,13,18-19H,9-12,14-17H2,1-2H3,(H,25,27). The first-order valence-electron chi connectivity index (χ1n) is 10.8. The summed E-state index contributed by atoms with van der Waals surface area (Å²) in [6.07, 6.45) is 3.54. The molecule has 3 heterocycles. The minimum Gasteiger partial charge on any atom is -0.487 e. The van der Waals surface area contributed by atoms with Gasteiger partial charge in [0.15, 0.2) is 0 Å². The predicted octanol–water partition coefficient (Wildman–Crippen LogP) is 4.81. The fraction of sp³-hybridized carbons (Fsp3) is 0.542. The number of carbonyl (C=O) groups excluding carboxylic acids is 1. The van der Waals surface area contributed by atoms with Crippen LogP contribution in [0.3, 0.4) is 0 Å². The van der Waals surface area contributed by atoms with Crippen LogP contribution in [-0.2, 0) is 11.3 Å². The Labute approximate surface area is 178 Å². The Hall–Kier alpha value is -1.85. The molecule has 156 valence electrons. The second-order valence-electron chi connectivity index (χ2n) is 8.98. The summed E-state index contributed by atoms with van der Waals surface area (Å²) in [5.74, 6) is 1.84. The highest BCUT2D eigenvalue weighted by molar-refractivity contribution is 7.09. The molecular formula is C24H32N2O2S. The molecule has 5 heteroatoms. The van der Waals surface area contributed by atoms with E-state index in [9.17, 15) is 4.79 Å². The van der Waals surface area contributed by atoms with Crippen LogP contribution in [0.5, 0.6) is 5.75 Å². The van der Waals surface area contributed by atoms with E-state index in [1.807, 2.05) is 17.4 Å². The van der Waals surface area contributed by atoms with E-state index in [0.717, 1.165) is 51.2 Å². The first-order chi connectivity index (χ1) is 14.0. The third-order valence-corrected chi connectivity index (χ3v) is 7.03. The average Bonchev–Trinajstić information content (AvgIpc) is 3.21. The molecule has 29 heavy (non-hydrogen) atoms. The predicted molar refractivity (Wildman–Crippen MR) is 118 cm³/mol. The Morgan fingerprint density at radius 2 is 2.03 bits per heavy atom. The molecule has 2 aliphatic rings. The second-order valence-corrected chi connectivity index (χ2v) is 10.0. The van der Waals surface area contributed by atoms with Crippen molar-refractivity contribution in [2.24, 2.45) is 5.92 Å². The van der Waals surface area contributed by atoms with E-state index in [1.54, 1.807) is 0 Å². The van der Waals surface area contributed by atoms with Crippen molar-refractivity contribution in [1.29, 1.82) is 0 Å². The lowest BCUT2D eigenvalue weighted by molar-refractivity contribution is -0.122. The number of likely N-dealkylation sites (tertiary alicyclic amines) is 1. The number of fused-ring (bicyclic) bond motifs is 1. The third-order valence-electron chi connectivity index (χ3n) is 6.17. The van der Waals surface area contributed by atoms with Crippen LogP contribution in [-0.4, -0.2) is 36.0 Å². The van der Waals surface area contributed by atoms with Gasteiger partial charge in [0.05, 0.1) is 0 Å². The zero-order valence-corrected chi connectivity index (χ0v) is 18.3. The fourth-order valence-corrected chi connectivity index (χ4v) is 5.33. The van der Waals surface area contributed by atoms with Crippen molar-refractivity contribution in [3.8, 4) is 5.75 Å². The summed E-state index contributed by atoms with van der Waals surface area (Å²) < 4.78 is 6.60. The maximum atomic E-state index is 12.6. The summed E-state index contributed by atoms with van der Waals surface area (Å²) >= 11 is 1.83. The molecule has 0 radical (unpaired) electrons. The van der Waals surface area contributed by atoms with Crippen LogP contribution in [0.2, 0.25) is 0 Å². The summed E-state index contributed by atoms with van der Waals surface area (Å²) in [6, 6.07) is 12.7. The van der Waals surface area contributed by atoms with Crippen molar-refractivity contribution >= 4 is 17.2 Å². The molecule has 1 N–H and O–H groups in total. The van der Waals surface area contributed by atoms with Crippen molar-refractivity contribution in [1.82, 2.24) is 10.2 Å². The van der Waals surface area contributed by atoms with Crippen LogP contribution in [0.25, 0.3) is 0 Å². The van der Waals surface area contributed by atoms with E-state index < -0.39 is 0 Å². The molecule has 1 saturated heterocycles. The van der Waals surface area contributed by atoms with Gasteiger partial charge in [0.1, 0.15) is 11.4 Å². The number of carbonyl (C=O) groups is 1. The molecule has 2 aromatic rings. The Morgan fingerprint density at radius 3 is 2.76 bits per heavy atom. The first kappa shape index (κ1) is 20.4. The summed E-state index contributed by atoms with van der Waals surface area (Å²) in [4.78, 5) is 16.5. The van der Waals surface area contributed by atoms with Crippen LogP contribution in [0.4, 0.5) is 0 Å². The lowest BCUT2D eigenvalue weighted by Crippen LogP contribution is -2.50. The molecular weight excluding hydrogens is 380 g/mol. The highest BCUT2D eigenvalue weighted by Gasteiger charge is 2.43. The smallest absolute Gasteiger partial charge is 0.220 e. The Morgan fingerprint density at radius 1 is 1.24 bits per heavy atom. The summed E-state index contributed by atoms with van der Waals surface area (Å²) in [5.41, 5.74) is 1.06. The zero-order valence-electron chi connectivity index (χ0n) is 17.5. The molecule has 2 aliphatic heterocycles. The van der Waals surface area contributed by atoms with E-state index in [-0.39, 0.29) is 17.4 Å². The minimum absolute atomic E-state index is 0.136. The Balaban J connectivity index is 1.43. The topological polar surface area (TPSA) is 41.6 Å². The molecule has 1 aromatic heterocycles. The van der Waals surface area contributed by atoms with E-state index in [2.05, 4.69) is 59.8 Å². The number of nitrogens with one attached hydrogen (secondary N) is 1. The van der Waals surface area contributed by atoms with Crippen LogP contribution < -0.4 is 10.1 Å². The van der Waals surface area contributed by atoms with Gasteiger partial charge in [-0.3, -0.25) is 9.69 Å². The van der Waals surface area contributed by atoms with Gasteiger partial charge in [-0.2, -0.15) is 0 Å². The van der Waals surface area contributed by atoms with Crippen molar-refractivity contribution in [3.05, 3.63) is 52.2 Å². The highest BCUT2D eigenvalue weighted by atomic mass is 32.1. The SMILES string of the molecule is CC(C)CNC(=O)CC1CC2(CCN(Cc3cccs3)CC2)Oc2ccccc21. The van der Waals surface area contributed by atoms with Crippen LogP contribution >= 0.6 is 11.3 Å². The minimum atomic E-state index is -0.136. The van der Waals surface area contributed by atoms with Gasteiger partial charge in [0.2, 0.25) is 5.91 Å². The largest absolute Gasteiger partial charge is 0.487 e. The van der Waals surface area contributed by atoms with Gasteiger partial charge in [-0.1, -0.05) is 38.1 Å². The van der Waals surface area contributed by atoms with E-state index in [0.29, 0.717) is 12.3 Å². The molecule has 1 amide bonds. The number of piperidine rings is 1. The number of nitrogens with zero attached hydrogens (tertiary/aromatic N) is 1. The van der Waals surface area contributed by atoms with Crippen molar-refractivity contribution < 1.29 is 9.53 Å². The number of hydrogen-bond donors (Lipinski definition) is 1. The number of hydrogen-bond acceptors (Lipinski definition) is 4. The molecule has 4 rings (SSSR count). The van der Waals surface area contributed by atoms with Gasteiger partial charge in [0, 0.05) is 43.4 Å².